The molecule has 2 aromatic carbocycles. The Balaban J connectivity index is 1.64. The van der Waals surface area contributed by atoms with E-state index < -0.39 is 0 Å². The first-order chi connectivity index (χ1) is 12.2. The fourth-order valence-corrected chi connectivity index (χ4v) is 3.09. The van der Waals surface area contributed by atoms with Gasteiger partial charge < -0.3 is 15.0 Å². The van der Waals surface area contributed by atoms with Gasteiger partial charge in [0.2, 0.25) is 5.95 Å². The van der Waals surface area contributed by atoms with Crippen molar-refractivity contribution in [3.63, 3.8) is 0 Å². The predicted molar refractivity (Wildman–Crippen MR) is 98.0 cm³/mol. The molecule has 1 aliphatic heterocycles. The number of fused-ring (bicyclic) bond motifs is 1. The zero-order chi connectivity index (χ0) is 17.2. The number of nitrogens with zero attached hydrogens (tertiary/aromatic N) is 4. The summed E-state index contributed by atoms with van der Waals surface area (Å²) in [5.41, 5.74) is 4.46. The van der Waals surface area contributed by atoms with Crippen molar-refractivity contribution in [3.05, 3.63) is 59.8 Å². The number of nitrogens with one attached hydrogen (secondary N) is 1. The normalized spacial score (nSPS) is 12.8. The first-order valence-electron chi connectivity index (χ1n) is 8.21. The second-order valence-electron chi connectivity index (χ2n) is 6.00. The Kier molecular flexibility index (Phi) is 3.93. The van der Waals surface area contributed by atoms with E-state index in [2.05, 4.69) is 43.6 Å². The van der Waals surface area contributed by atoms with Crippen LogP contribution in [0.25, 0.3) is 0 Å². The minimum atomic E-state index is 0.450. The van der Waals surface area contributed by atoms with E-state index in [1.54, 1.807) is 13.3 Å². The minimum absolute atomic E-state index is 0.450. The molecule has 0 amide bonds. The third-order valence-corrected chi connectivity index (χ3v) is 4.31. The van der Waals surface area contributed by atoms with Gasteiger partial charge in [-0.05, 0) is 42.7 Å². The Morgan fingerprint density at radius 3 is 2.92 bits per heavy atom. The first kappa shape index (κ1) is 15.4. The summed E-state index contributed by atoms with van der Waals surface area (Å²) in [4.78, 5) is 6.81. The van der Waals surface area contributed by atoms with Crippen LogP contribution in [0.2, 0.25) is 0 Å². The molecule has 0 bridgehead atoms. The summed E-state index contributed by atoms with van der Waals surface area (Å²) in [7, 11) is 1.65. The Bertz CT molecular complexity index is 912. The van der Waals surface area contributed by atoms with Gasteiger partial charge in [0.15, 0.2) is 5.82 Å². The van der Waals surface area contributed by atoms with E-state index in [1.807, 2.05) is 31.2 Å². The lowest BCUT2D eigenvalue weighted by atomic mass is 10.2. The van der Waals surface area contributed by atoms with Crippen molar-refractivity contribution in [3.8, 4) is 5.75 Å². The Morgan fingerprint density at radius 2 is 2.04 bits per heavy atom. The van der Waals surface area contributed by atoms with Gasteiger partial charge in [0.1, 0.15) is 5.75 Å². The maximum Gasteiger partial charge on any atom is 0.249 e. The molecule has 3 aromatic rings. The summed E-state index contributed by atoms with van der Waals surface area (Å²) in [5.74, 6) is 1.98. The number of aromatic nitrogens is 3. The second-order valence-corrected chi connectivity index (χ2v) is 6.00. The highest BCUT2D eigenvalue weighted by Crippen LogP contribution is 2.33. The molecule has 0 fully saturated rings. The molecule has 1 aromatic heterocycles. The maximum atomic E-state index is 5.40. The standard InChI is InChI=1S/C19H19N5O/c1-13-7-8-17(25-2)15(11-13)21-19-22-18(12-20-23-19)24-10-9-14-5-3-4-6-16(14)24/h3-8,11-12H,9-10H2,1-2H3,(H,21,22,23). The molecule has 6 heteroatoms. The molecule has 0 unspecified atom stereocenters. The van der Waals surface area contributed by atoms with Crippen molar-refractivity contribution < 1.29 is 4.74 Å². The minimum Gasteiger partial charge on any atom is -0.495 e. The molecule has 1 aliphatic rings. The average molecular weight is 333 g/mol. The number of ether oxygens (including phenoxy) is 1. The number of hydrogen-bond donors (Lipinski definition) is 1. The number of methoxy groups -OCH3 is 1. The lowest BCUT2D eigenvalue weighted by Crippen LogP contribution is -2.16. The predicted octanol–water partition coefficient (Wildman–Crippen LogP) is 3.63. The van der Waals surface area contributed by atoms with Gasteiger partial charge in [-0.2, -0.15) is 10.1 Å². The SMILES string of the molecule is COc1ccc(C)cc1Nc1nncc(N2CCc3ccccc32)n1. The van der Waals surface area contributed by atoms with Crippen LogP contribution in [0.5, 0.6) is 5.75 Å². The molecule has 4 rings (SSSR count). The van der Waals surface area contributed by atoms with Crippen LogP contribution in [0.4, 0.5) is 23.1 Å². The Hall–Kier alpha value is -3.15. The van der Waals surface area contributed by atoms with Gasteiger partial charge in [0, 0.05) is 12.2 Å². The molecular weight excluding hydrogens is 314 g/mol. The molecule has 2 heterocycles. The summed E-state index contributed by atoms with van der Waals surface area (Å²) < 4.78 is 5.40. The van der Waals surface area contributed by atoms with E-state index in [1.165, 1.54) is 11.3 Å². The third-order valence-electron chi connectivity index (χ3n) is 4.31. The smallest absolute Gasteiger partial charge is 0.249 e. The quantitative estimate of drug-likeness (QED) is 0.787. The van der Waals surface area contributed by atoms with Crippen LogP contribution in [0, 0.1) is 6.92 Å². The highest BCUT2D eigenvalue weighted by Gasteiger charge is 2.21. The molecule has 1 N–H and O–H groups in total. The van der Waals surface area contributed by atoms with Gasteiger partial charge in [0.25, 0.3) is 0 Å². The van der Waals surface area contributed by atoms with Gasteiger partial charge in [-0.3, -0.25) is 0 Å². The summed E-state index contributed by atoms with van der Waals surface area (Å²) in [6.07, 6.45) is 2.70. The van der Waals surface area contributed by atoms with Crippen molar-refractivity contribution in [1.29, 1.82) is 0 Å². The second kappa shape index (κ2) is 6.39. The van der Waals surface area contributed by atoms with E-state index in [0.29, 0.717) is 5.95 Å². The van der Waals surface area contributed by atoms with Crippen LogP contribution in [0.3, 0.4) is 0 Å². The molecule has 0 aliphatic carbocycles. The summed E-state index contributed by atoms with van der Waals surface area (Å²) in [5, 5.41) is 11.4. The highest BCUT2D eigenvalue weighted by molar-refractivity contribution is 5.68. The lowest BCUT2D eigenvalue weighted by molar-refractivity contribution is 0.416. The number of para-hydroxylation sites is 1. The zero-order valence-electron chi connectivity index (χ0n) is 14.2. The van der Waals surface area contributed by atoms with Crippen LogP contribution in [-0.2, 0) is 6.42 Å². The van der Waals surface area contributed by atoms with Crippen molar-refractivity contribution in [2.45, 2.75) is 13.3 Å². The van der Waals surface area contributed by atoms with Crippen LogP contribution >= 0.6 is 0 Å². The molecule has 0 spiro atoms. The van der Waals surface area contributed by atoms with Crippen LogP contribution in [-0.4, -0.2) is 28.8 Å². The van der Waals surface area contributed by atoms with Crippen molar-refractivity contribution >= 4 is 23.1 Å². The highest BCUT2D eigenvalue weighted by atomic mass is 16.5. The van der Waals surface area contributed by atoms with Gasteiger partial charge in [0.05, 0.1) is 19.0 Å². The average Bonchev–Trinajstić information content (AvgIpc) is 3.06. The Labute approximate surface area is 146 Å². The number of hydrogen-bond acceptors (Lipinski definition) is 6. The number of benzene rings is 2. The molecule has 126 valence electrons. The first-order valence-corrected chi connectivity index (χ1v) is 8.21. The molecular formula is C19H19N5O. The fourth-order valence-electron chi connectivity index (χ4n) is 3.09. The molecule has 6 nitrogen and oxygen atoms in total. The van der Waals surface area contributed by atoms with E-state index >= 15 is 0 Å². The number of aryl methyl sites for hydroxylation is 1. The van der Waals surface area contributed by atoms with Crippen LogP contribution < -0.4 is 15.0 Å². The maximum absolute atomic E-state index is 5.40. The molecule has 0 atom stereocenters. The van der Waals surface area contributed by atoms with Crippen LogP contribution in [0.15, 0.2) is 48.7 Å². The van der Waals surface area contributed by atoms with Crippen molar-refractivity contribution in [2.24, 2.45) is 0 Å². The third kappa shape index (κ3) is 2.98. The monoisotopic (exact) mass is 333 g/mol. The van der Waals surface area contributed by atoms with Gasteiger partial charge in [-0.15, -0.1) is 5.10 Å². The van der Waals surface area contributed by atoms with E-state index in [-0.39, 0.29) is 0 Å². The van der Waals surface area contributed by atoms with Gasteiger partial charge >= 0.3 is 0 Å². The summed E-state index contributed by atoms with van der Waals surface area (Å²) >= 11 is 0. The number of anilines is 4. The molecule has 0 saturated carbocycles. The van der Waals surface area contributed by atoms with E-state index in [9.17, 15) is 0 Å². The topological polar surface area (TPSA) is 63.2 Å². The summed E-state index contributed by atoms with van der Waals surface area (Å²) in [6.45, 7) is 2.92. The molecule has 25 heavy (non-hydrogen) atoms. The van der Waals surface area contributed by atoms with Crippen LogP contribution in [0.1, 0.15) is 11.1 Å². The molecule has 0 saturated heterocycles. The number of rotatable bonds is 4. The van der Waals surface area contributed by atoms with Crippen molar-refractivity contribution in [1.82, 2.24) is 15.2 Å². The Morgan fingerprint density at radius 1 is 1.16 bits per heavy atom. The van der Waals surface area contributed by atoms with E-state index in [4.69, 9.17) is 4.74 Å². The van der Waals surface area contributed by atoms with Gasteiger partial charge in [-0.25, -0.2) is 0 Å². The van der Waals surface area contributed by atoms with E-state index in [0.717, 1.165) is 35.8 Å². The lowest BCUT2D eigenvalue weighted by Gasteiger charge is -2.18. The largest absolute Gasteiger partial charge is 0.495 e. The fraction of sp³-hybridized carbons (Fsp3) is 0.211. The van der Waals surface area contributed by atoms with Gasteiger partial charge in [-0.1, -0.05) is 24.3 Å². The zero-order valence-corrected chi connectivity index (χ0v) is 14.2. The van der Waals surface area contributed by atoms with Crippen molar-refractivity contribution in [2.75, 3.05) is 23.9 Å². The molecule has 0 radical (unpaired) electrons. The summed E-state index contributed by atoms with van der Waals surface area (Å²) in [6, 6.07) is 14.3.